The van der Waals surface area contributed by atoms with Gasteiger partial charge in [0.25, 0.3) is 0 Å². The normalized spacial score (nSPS) is 11.6. The van der Waals surface area contributed by atoms with Gasteiger partial charge in [-0.05, 0) is 44.4 Å². The molecule has 4 rings (SSSR count). The monoisotopic (exact) mass is 405 g/mol. The number of hydrogen-bond acceptors (Lipinski definition) is 5. The fourth-order valence-corrected chi connectivity index (χ4v) is 3.47. The largest absolute Gasteiger partial charge is 0.368 e. The Morgan fingerprint density at radius 2 is 2.13 bits per heavy atom. The van der Waals surface area contributed by atoms with Gasteiger partial charge in [-0.1, -0.05) is 12.2 Å². The highest BCUT2D eigenvalue weighted by Crippen LogP contribution is 2.24. The molecule has 0 aliphatic heterocycles. The van der Waals surface area contributed by atoms with Gasteiger partial charge in [0.1, 0.15) is 11.3 Å². The van der Waals surface area contributed by atoms with Gasteiger partial charge in [0.05, 0.1) is 12.5 Å². The van der Waals surface area contributed by atoms with Crippen molar-refractivity contribution in [3.63, 3.8) is 0 Å². The lowest BCUT2D eigenvalue weighted by Crippen LogP contribution is -2.09. The minimum absolute atomic E-state index is 0.416. The first kappa shape index (κ1) is 19.8. The van der Waals surface area contributed by atoms with Crippen LogP contribution in [0.2, 0.25) is 0 Å². The summed E-state index contributed by atoms with van der Waals surface area (Å²) >= 11 is 0. The highest BCUT2D eigenvalue weighted by Gasteiger charge is 2.15. The SMILES string of the molecule is C/C=C\c1c(CCNc2nc(-c3cncc(F)c3)nc3c2ncn3CC)c[nH]c1C. The summed E-state index contributed by atoms with van der Waals surface area (Å²) in [5, 5.41) is 3.40. The Labute approximate surface area is 174 Å². The number of halogens is 1. The molecule has 0 saturated carbocycles. The smallest absolute Gasteiger partial charge is 0.166 e. The number of allylic oxidation sites excluding steroid dienone is 1. The average Bonchev–Trinajstić information content (AvgIpc) is 3.32. The van der Waals surface area contributed by atoms with E-state index in [-0.39, 0.29) is 0 Å². The number of fused-ring (bicyclic) bond motifs is 1. The van der Waals surface area contributed by atoms with Crippen LogP contribution >= 0.6 is 0 Å². The van der Waals surface area contributed by atoms with Crippen LogP contribution in [-0.2, 0) is 13.0 Å². The summed E-state index contributed by atoms with van der Waals surface area (Å²) in [6, 6.07) is 1.39. The first-order chi connectivity index (χ1) is 14.6. The first-order valence-corrected chi connectivity index (χ1v) is 9.98. The molecule has 0 aliphatic carbocycles. The molecule has 154 valence electrons. The van der Waals surface area contributed by atoms with Crippen molar-refractivity contribution in [1.29, 1.82) is 0 Å². The number of aryl methyl sites for hydroxylation is 2. The number of imidazole rings is 1. The zero-order valence-corrected chi connectivity index (χ0v) is 17.3. The van der Waals surface area contributed by atoms with E-state index in [1.54, 1.807) is 12.5 Å². The van der Waals surface area contributed by atoms with Gasteiger partial charge in [-0.3, -0.25) is 4.98 Å². The van der Waals surface area contributed by atoms with Gasteiger partial charge in [0, 0.05) is 36.7 Å². The predicted octanol–water partition coefficient (Wildman–Crippen LogP) is 4.37. The molecular formula is C22H24FN7. The van der Waals surface area contributed by atoms with Gasteiger partial charge < -0.3 is 14.9 Å². The summed E-state index contributed by atoms with van der Waals surface area (Å²) in [7, 11) is 0. The minimum Gasteiger partial charge on any atom is -0.368 e. The summed E-state index contributed by atoms with van der Waals surface area (Å²) < 4.78 is 15.6. The standard InChI is InChI=1S/C22H24FN7/c1-4-6-18-14(3)26-11-15(18)7-8-25-21-19-22(30(5-2)13-27-19)29-20(28-21)16-9-17(23)12-24-10-16/h4,6,9-13,26H,5,7-8H2,1-3H3,(H,25,28,29)/b6-4-. The lowest BCUT2D eigenvalue weighted by molar-refractivity contribution is 0.622. The van der Waals surface area contributed by atoms with Crippen molar-refractivity contribution in [2.45, 2.75) is 33.7 Å². The van der Waals surface area contributed by atoms with Crippen molar-refractivity contribution in [2.24, 2.45) is 0 Å². The Bertz CT molecular complexity index is 1210. The molecule has 0 unspecified atom stereocenters. The third-order valence-corrected chi connectivity index (χ3v) is 5.00. The molecule has 8 heteroatoms. The van der Waals surface area contributed by atoms with Gasteiger partial charge in [-0.2, -0.15) is 0 Å². The van der Waals surface area contributed by atoms with E-state index in [0.717, 1.165) is 18.7 Å². The van der Waals surface area contributed by atoms with Crippen LogP contribution in [0, 0.1) is 12.7 Å². The lowest BCUT2D eigenvalue weighted by atomic mass is 10.1. The highest BCUT2D eigenvalue weighted by atomic mass is 19.1. The lowest BCUT2D eigenvalue weighted by Gasteiger charge is -2.09. The van der Waals surface area contributed by atoms with E-state index in [1.165, 1.54) is 23.4 Å². The van der Waals surface area contributed by atoms with Crippen LogP contribution in [0.5, 0.6) is 0 Å². The quantitative estimate of drug-likeness (QED) is 0.477. The van der Waals surface area contributed by atoms with Crippen molar-refractivity contribution in [1.82, 2.24) is 29.5 Å². The Hall–Kier alpha value is -3.55. The minimum atomic E-state index is -0.422. The van der Waals surface area contributed by atoms with Crippen LogP contribution < -0.4 is 5.32 Å². The van der Waals surface area contributed by atoms with Crippen molar-refractivity contribution in [3.05, 3.63) is 59.7 Å². The molecule has 4 aromatic heterocycles. The number of H-pyrrole nitrogens is 1. The van der Waals surface area contributed by atoms with Gasteiger partial charge in [-0.15, -0.1) is 0 Å². The zero-order valence-electron chi connectivity index (χ0n) is 17.3. The van der Waals surface area contributed by atoms with E-state index in [9.17, 15) is 4.39 Å². The first-order valence-electron chi connectivity index (χ1n) is 9.98. The molecule has 4 aromatic rings. The van der Waals surface area contributed by atoms with Crippen LogP contribution in [0.25, 0.3) is 28.6 Å². The molecule has 0 saturated heterocycles. The van der Waals surface area contributed by atoms with Gasteiger partial charge in [-0.25, -0.2) is 19.3 Å². The summed E-state index contributed by atoms with van der Waals surface area (Å²) in [5.74, 6) is 0.625. The molecule has 0 bridgehead atoms. The van der Waals surface area contributed by atoms with Crippen molar-refractivity contribution >= 4 is 23.1 Å². The molecule has 0 fully saturated rings. The molecule has 0 amide bonds. The second-order valence-corrected chi connectivity index (χ2v) is 7.02. The molecule has 0 atom stereocenters. The third-order valence-electron chi connectivity index (χ3n) is 5.00. The Balaban J connectivity index is 1.65. The highest BCUT2D eigenvalue weighted by molar-refractivity contribution is 5.85. The van der Waals surface area contributed by atoms with E-state index in [1.807, 2.05) is 30.7 Å². The topological polar surface area (TPSA) is 84.3 Å². The Morgan fingerprint density at radius 1 is 1.27 bits per heavy atom. The summed E-state index contributed by atoms with van der Waals surface area (Å²) in [6.45, 7) is 7.50. The van der Waals surface area contributed by atoms with Crippen molar-refractivity contribution in [3.8, 4) is 11.4 Å². The summed E-state index contributed by atoms with van der Waals surface area (Å²) in [6.07, 6.45) is 11.5. The number of nitrogens with zero attached hydrogens (tertiary/aromatic N) is 5. The second-order valence-electron chi connectivity index (χ2n) is 7.02. The number of aromatic nitrogens is 6. The maximum Gasteiger partial charge on any atom is 0.166 e. The molecule has 30 heavy (non-hydrogen) atoms. The number of hydrogen-bond donors (Lipinski definition) is 2. The maximum atomic E-state index is 13.7. The van der Waals surface area contributed by atoms with Crippen LogP contribution in [0.4, 0.5) is 10.2 Å². The fourth-order valence-electron chi connectivity index (χ4n) is 3.47. The number of aromatic amines is 1. The molecule has 0 radical (unpaired) electrons. The molecule has 7 nitrogen and oxygen atoms in total. The molecule has 0 spiro atoms. The van der Waals surface area contributed by atoms with E-state index < -0.39 is 5.82 Å². The molecular weight excluding hydrogens is 381 g/mol. The van der Waals surface area contributed by atoms with E-state index in [0.29, 0.717) is 34.9 Å². The summed E-state index contributed by atoms with van der Waals surface area (Å²) in [5.41, 5.74) is 5.53. The number of nitrogens with one attached hydrogen (secondary N) is 2. The van der Waals surface area contributed by atoms with Crippen LogP contribution in [0.3, 0.4) is 0 Å². The van der Waals surface area contributed by atoms with Gasteiger partial charge >= 0.3 is 0 Å². The average molecular weight is 405 g/mol. The number of anilines is 1. The Morgan fingerprint density at radius 3 is 2.90 bits per heavy atom. The van der Waals surface area contributed by atoms with Crippen LogP contribution in [0.15, 0.2) is 37.1 Å². The van der Waals surface area contributed by atoms with Gasteiger partial charge in [0.2, 0.25) is 0 Å². The zero-order chi connectivity index (χ0) is 21.1. The molecule has 4 heterocycles. The molecule has 0 aliphatic rings. The maximum absolute atomic E-state index is 13.7. The predicted molar refractivity (Wildman–Crippen MR) is 117 cm³/mol. The van der Waals surface area contributed by atoms with Crippen LogP contribution in [-0.4, -0.2) is 36.0 Å². The van der Waals surface area contributed by atoms with E-state index >= 15 is 0 Å². The fraction of sp³-hybridized carbons (Fsp3) is 0.273. The van der Waals surface area contributed by atoms with Gasteiger partial charge in [0.15, 0.2) is 17.3 Å². The Kier molecular flexibility index (Phi) is 5.56. The van der Waals surface area contributed by atoms with E-state index in [2.05, 4.69) is 43.2 Å². The molecule has 2 N–H and O–H groups in total. The summed E-state index contributed by atoms with van der Waals surface area (Å²) in [4.78, 5) is 20.9. The number of pyridine rings is 1. The van der Waals surface area contributed by atoms with Crippen molar-refractivity contribution in [2.75, 3.05) is 11.9 Å². The second kappa shape index (κ2) is 8.44. The third kappa shape index (κ3) is 3.80. The van der Waals surface area contributed by atoms with Crippen molar-refractivity contribution < 1.29 is 4.39 Å². The van der Waals surface area contributed by atoms with Crippen LogP contribution in [0.1, 0.15) is 30.7 Å². The van der Waals surface area contributed by atoms with E-state index in [4.69, 9.17) is 0 Å². The molecule has 0 aromatic carbocycles. The number of rotatable bonds is 7.